The van der Waals surface area contributed by atoms with Gasteiger partial charge in [-0.15, -0.1) is 0 Å². The van der Waals surface area contributed by atoms with Gasteiger partial charge >= 0.3 is 0 Å². The van der Waals surface area contributed by atoms with E-state index in [1.165, 1.54) is 55.3 Å². The Morgan fingerprint density at radius 3 is 1.94 bits per heavy atom. The van der Waals surface area contributed by atoms with Crippen molar-refractivity contribution < 1.29 is 4.42 Å². The Hall–Kier alpha value is -6.84. The van der Waals surface area contributed by atoms with Gasteiger partial charge in [0.1, 0.15) is 11.2 Å². The topological polar surface area (TPSA) is 21.3 Å². The molecule has 0 spiro atoms. The highest BCUT2D eigenvalue weighted by atomic mass is 16.3. The predicted molar refractivity (Wildman–Crippen MR) is 213 cm³/mol. The van der Waals surface area contributed by atoms with E-state index in [4.69, 9.17) is 4.42 Å². The number of para-hydroxylation sites is 4. The molecule has 2 aromatic heterocycles. The van der Waals surface area contributed by atoms with E-state index in [0.717, 1.165) is 44.6 Å². The highest BCUT2D eigenvalue weighted by Gasteiger charge is 2.28. The van der Waals surface area contributed by atoms with Crippen LogP contribution in [-0.2, 0) is 0 Å². The van der Waals surface area contributed by atoms with Crippen molar-refractivity contribution in [1.82, 2.24) is 4.57 Å². The molecule has 3 heteroatoms. The van der Waals surface area contributed by atoms with Crippen LogP contribution in [0.1, 0.15) is 0 Å². The van der Waals surface area contributed by atoms with Gasteiger partial charge in [-0.1, -0.05) is 121 Å². The number of furan rings is 1. The van der Waals surface area contributed by atoms with Crippen molar-refractivity contribution in [2.45, 2.75) is 0 Å². The highest BCUT2D eigenvalue weighted by Crippen LogP contribution is 2.51. The third-order valence-corrected chi connectivity index (χ3v) is 10.5. The van der Waals surface area contributed by atoms with Crippen LogP contribution in [0.2, 0.25) is 0 Å². The van der Waals surface area contributed by atoms with Crippen molar-refractivity contribution in [3.63, 3.8) is 0 Å². The maximum atomic E-state index is 6.71. The average Bonchev–Trinajstić information content (AvgIpc) is 3.70. The quantitative estimate of drug-likeness (QED) is 0.189. The summed E-state index contributed by atoms with van der Waals surface area (Å²) >= 11 is 0. The van der Waals surface area contributed by atoms with Crippen molar-refractivity contribution in [1.29, 1.82) is 0 Å². The number of hydrogen-bond donors (Lipinski definition) is 0. The molecule has 10 aromatic rings. The molecule has 238 valence electrons. The van der Waals surface area contributed by atoms with Gasteiger partial charge in [-0.05, 0) is 77.4 Å². The first-order valence-electron chi connectivity index (χ1n) is 17.4. The SMILES string of the molecule is c1ccc(-c2ccc(N(c3ccccc3)c3ccc4c(c3)c3cccc5c3n4-c3ccccc3-c3ccc4c(oc6ccccc64)c3-5)cc2)cc1. The zero-order chi connectivity index (χ0) is 33.5. The van der Waals surface area contributed by atoms with Gasteiger partial charge in [0.2, 0.25) is 0 Å². The number of nitrogens with zero attached hydrogens (tertiary/aromatic N) is 2. The lowest BCUT2D eigenvalue weighted by molar-refractivity contribution is 0.670. The smallest absolute Gasteiger partial charge is 0.143 e. The van der Waals surface area contributed by atoms with Crippen LogP contribution in [-0.4, -0.2) is 4.57 Å². The fourth-order valence-electron chi connectivity index (χ4n) is 8.28. The molecule has 11 rings (SSSR count). The van der Waals surface area contributed by atoms with Crippen molar-refractivity contribution in [3.8, 4) is 39.1 Å². The summed E-state index contributed by atoms with van der Waals surface area (Å²) in [4.78, 5) is 2.36. The number of aromatic nitrogens is 1. The zero-order valence-electron chi connectivity index (χ0n) is 27.6. The third-order valence-electron chi connectivity index (χ3n) is 10.5. The van der Waals surface area contributed by atoms with E-state index in [2.05, 4.69) is 185 Å². The van der Waals surface area contributed by atoms with E-state index in [0.29, 0.717) is 0 Å². The maximum absolute atomic E-state index is 6.71. The van der Waals surface area contributed by atoms with Crippen molar-refractivity contribution >= 4 is 60.8 Å². The summed E-state index contributed by atoms with van der Waals surface area (Å²) < 4.78 is 9.18. The van der Waals surface area contributed by atoms with Gasteiger partial charge < -0.3 is 13.9 Å². The fourth-order valence-corrected chi connectivity index (χ4v) is 8.28. The zero-order valence-corrected chi connectivity index (χ0v) is 27.6. The Kier molecular flexibility index (Phi) is 5.96. The molecule has 1 aliphatic rings. The molecular weight excluding hydrogens is 621 g/mol. The van der Waals surface area contributed by atoms with Gasteiger partial charge in [0, 0.05) is 55.3 Å². The van der Waals surface area contributed by atoms with E-state index >= 15 is 0 Å². The lowest BCUT2D eigenvalue weighted by atomic mass is 9.91. The Bertz CT molecular complexity index is 2950. The Morgan fingerprint density at radius 2 is 1.08 bits per heavy atom. The van der Waals surface area contributed by atoms with Crippen LogP contribution in [0.4, 0.5) is 17.1 Å². The second-order valence-corrected chi connectivity index (χ2v) is 13.3. The van der Waals surface area contributed by atoms with Crippen LogP contribution in [0.25, 0.3) is 82.8 Å². The third kappa shape index (κ3) is 4.12. The summed E-state index contributed by atoms with van der Waals surface area (Å²) in [7, 11) is 0. The summed E-state index contributed by atoms with van der Waals surface area (Å²) in [6.07, 6.45) is 0. The molecular formula is C48H30N2O. The first kappa shape index (κ1) is 28.0. The van der Waals surface area contributed by atoms with Crippen molar-refractivity contribution in [2.24, 2.45) is 0 Å². The molecule has 3 nitrogen and oxygen atoms in total. The summed E-state index contributed by atoms with van der Waals surface area (Å²) in [6.45, 7) is 0. The largest absolute Gasteiger partial charge is 0.455 e. The summed E-state index contributed by atoms with van der Waals surface area (Å²) in [5.74, 6) is 0. The van der Waals surface area contributed by atoms with Crippen LogP contribution in [0.15, 0.2) is 186 Å². The first-order valence-corrected chi connectivity index (χ1v) is 17.4. The van der Waals surface area contributed by atoms with Gasteiger partial charge in [0.15, 0.2) is 0 Å². The summed E-state index contributed by atoms with van der Waals surface area (Å²) in [6, 6.07) is 65.4. The lowest BCUT2D eigenvalue weighted by Crippen LogP contribution is -2.09. The monoisotopic (exact) mass is 650 g/mol. The molecule has 0 saturated carbocycles. The number of benzene rings is 8. The van der Waals surface area contributed by atoms with Gasteiger partial charge in [0.05, 0.1) is 16.7 Å². The minimum absolute atomic E-state index is 0.911. The molecule has 0 amide bonds. The maximum Gasteiger partial charge on any atom is 0.143 e. The van der Waals surface area contributed by atoms with Gasteiger partial charge in [-0.25, -0.2) is 0 Å². The van der Waals surface area contributed by atoms with E-state index in [1.54, 1.807) is 0 Å². The minimum Gasteiger partial charge on any atom is -0.455 e. The predicted octanol–water partition coefficient (Wildman–Crippen LogP) is 13.5. The molecule has 0 aliphatic carbocycles. The second kappa shape index (κ2) is 10.8. The van der Waals surface area contributed by atoms with E-state index in [9.17, 15) is 0 Å². The van der Waals surface area contributed by atoms with E-state index in [-0.39, 0.29) is 0 Å². The van der Waals surface area contributed by atoms with Crippen LogP contribution in [0, 0.1) is 0 Å². The molecule has 51 heavy (non-hydrogen) atoms. The van der Waals surface area contributed by atoms with Crippen LogP contribution in [0.5, 0.6) is 0 Å². The standard InChI is InChI=1S/C48H30N2O/c1-3-12-31(13-4-1)32-22-24-34(25-23-32)49(33-14-5-2-6-15-33)35-26-29-44-42(30-35)39-18-11-19-41-46-38(36-16-7-9-20-43(36)50(44)47(39)41)27-28-40-37-17-8-10-21-45(37)51-48(40)46/h1-30H. The Labute approximate surface area is 294 Å². The van der Waals surface area contributed by atoms with Crippen molar-refractivity contribution in [3.05, 3.63) is 182 Å². The van der Waals surface area contributed by atoms with Crippen molar-refractivity contribution in [2.75, 3.05) is 4.90 Å². The average molecular weight is 651 g/mol. The van der Waals surface area contributed by atoms with Gasteiger partial charge in [-0.3, -0.25) is 0 Å². The molecule has 0 N–H and O–H groups in total. The molecule has 1 aliphatic heterocycles. The molecule has 0 atom stereocenters. The van der Waals surface area contributed by atoms with E-state index in [1.807, 2.05) is 6.07 Å². The van der Waals surface area contributed by atoms with E-state index < -0.39 is 0 Å². The molecule has 0 saturated heterocycles. The molecule has 0 unspecified atom stereocenters. The summed E-state index contributed by atoms with van der Waals surface area (Å²) in [5, 5.41) is 4.71. The molecule has 0 fully saturated rings. The lowest BCUT2D eigenvalue weighted by Gasteiger charge is -2.26. The van der Waals surface area contributed by atoms with Gasteiger partial charge in [-0.2, -0.15) is 0 Å². The number of hydrogen-bond acceptors (Lipinski definition) is 2. The number of fused-ring (bicyclic) bond motifs is 12. The second-order valence-electron chi connectivity index (χ2n) is 13.3. The molecule has 0 bridgehead atoms. The fraction of sp³-hybridized carbons (Fsp3) is 0. The van der Waals surface area contributed by atoms with Crippen LogP contribution >= 0.6 is 0 Å². The minimum atomic E-state index is 0.911. The number of anilines is 3. The molecule has 3 heterocycles. The Morgan fingerprint density at radius 1 is 0.412 bits per heavy atom. The normalized spacial score (nSPS) is 11.9. The van der Waals surface area contributed by atoms with Crippen LogP contribution in [0.3, 0.4) is 0 Å². The van der Waals surface area contributed by atoms with Gasteiger partial charge in [0.25, 0.3) is 0 Å². The highest BCUT2D eigenvalue weighted by molar-refractivity contribution is 6.21. The molecule has 8 aromatic carbocycles. The summed E-state index contributed by atoms with van der Waals surface area (Å²) in [5.41, 5.74) is 15.8. The molecule has 0 radical (unpaired) electrons. The Balaban J connectivity index is 1.17. The van der Waals surface area contributed by atoms with Crippen LogP contribution < -0.4 is 4.90 Å². The number of rotatable bonds is 4. The first-order chi connectivity index (χ1) is 25.3.